The van der Waals surface area contributed by atoms with Crippen LogP contribution in [0.25, 0.3) is 11.4 Å². The van der Waals surface area contributed by atoms with Crippen LogP contribution in [-0.2, 0) is 9.53 Å². The molecule has 3 atom stereocenters. The van der Waals surface area contributed by atoms with E-state index in [2.05, 4.69) is 15.2 Å². The van der Waals surface area contributed by atoms with Crippen molar-refractivity contribution in [3.05, 3.63) is 36.2 Å². The number of aromatic amines is 1. The van der Waals surface area contributed by atoms with E-state index in [1.54, 1.807) is 12.3 Å². The lowest BCUT2D eigenvalue weighted by molar-refractivity contribution is -0.157. The summed E-state index contributed by atoms with van der Waals surface area (Å²) in [5.74, 6) is -0.270. The van der Waals surface area contributed by atoms with Crippen molar-refractivity contribution >= 4 is 11.9 Å². The highest BCUT2D eigenvalue weighted by atomic mass is 16.5. The molecule has 2 fully saturated rings. The number of fused-ring (bicyclic) bond motifs is 2. The van der Waals surface area contributed by atoms with E-state index in [9.17, 15) is 9.59 Å². The van der Waals surface area contributed by atoms with Crippen LogP contribution in [0.2, 0.25) is 0 Å². The maximum absolute atomic E-state index is 13.2. The van der Waals surface area contributed by atoms with Crippen molar-refractivity contribution in [1.82, 2.24) is 20.1 Å². The molecule has 0 saturated carbocycles. The molecular formula is C20H24N4O3. The van der Waals surface area contributed by atoms with Crippen molar-refractivity contribution in [2.24, 2.45) is 5.41 Å². The van der Waals surface area contributed by atoms with E-state index >= 15 is 0 Å². The molecule has 4 rings (SSSR count). The number of pyridine rings is 1. The summed E-state index contributed by atoms with van der Waals surface area (Å²) in [6.45, 7) is 4.19. The van der Waals surface area contributed by atoms with Gasteiger partial charge in [-0.15, -0.1) is 0 Å². The Morgan fingerprint density at radius 2 is 2.15 bits per heavy atom. The van der Waals surface area contributed by atoms with E-state index in [1.807, 2.05) is 36.9 Å². The number of aromatic nitrogens is 3. The van der Waals surface area contributed by atoms with Crippen LogP contribution in [0.5, 0.6) is 0 Å². The molecule has 0 aromatic carbocycles. The Bertz CT molecular complexity index is 850. The van der Waals surface area contributed by atoms with E-state index in [4.69, 9.17) is 4.74 Å². The average Bonchev–Trinajstić information content (AvgIpc) is 3.42. The third-order valence-corrected chi connectivity index (χ3v) is 6.02. The van der Waals surface area contributed by atoms with Gasteiger partial charge in [-0.1, -0.05) is 13.0 Å². The molecule has 1 N–H and O–H groups in total. The van der Waals surface area contributed by atoms with E-state index in [0.717, 1.165) is 12.8 Å². The topological polar surface area (TPSA) is 88.2 Å². The first-order valence-electron chi connectivity index (χ1n) is 9.57. The highest BCUT2D eigenvalue weighted by Gasteiger charge is 2.61. The fourth-order valence-corrected chi connectivity index (χ4v) is 4.72. The van der Waals surface area contributed by atoms with E-state index in [0.29, 0.717) is 36.5 Å². The molecule has 7 heteroatoms. The van der Waals surface area contributed by atoms with Gasteiger partial charge in [0.2, 0.25) is 0 Å². The van der Waals surface area contributed by atoms with E-state index in [-0.39, 0.29) is 24.0 Å². The van der Waals surface area contributed by atoms with Crippen molar-refractivity contribution in [3.63, 3.8) is 0 Å². The van der Waals surface area contributed by atoms with Gasteiger partial charge in [0.05, 0.1) is 17.7 Å². The van der Waals surface area contributed by atoms with Crippen LogP contribution in [0, 0.1) is 5.41 Å². The van der Waals surface area contributed by atoms with Gasteiger partial charge >= 0.3 is 5.97 Å². The van der Waals surface area contributed by atoms with Gasteiger partial charge in [0.15, 0.2) is 0 Å². The Labute approximate surface area is 158 Å². The molecule has 7 nitrogen and oxygen atoms in total. The van der Waals surface area contributed by atoms with Gasteiger partial charge in [-0.3, -0.25) is 19.7 Å². The second-order valence-electron chi connectivity index (χ2n) is 7.28. The number of hydrogen-bond donors (Lipinski definition) is 1. The molecule has 2 aromatic rings. The molecule has 142 valence electrons. The molecule has 0 aliphatic carbocycles. The lowest BCUT2D eigenvalue weighted by Crippen LogP contribution is -2.45. The van der Waals surface area contributed by atoms with Crippen molar-refractivity contribution in [2.75, 3.05) is 6.61 Å². The number of rotatable bonds is 5. The van der Waals surface area contributed by atoms with Crippen molar-refractivity contribution in [2.45, 2.75) is 51.6 Å². The molecule has 4 heterocycles. The Morgan fingerprint density at radius 3 is 2.85 bits per heavy atom. The first-order valence-corrected chi connectivity index (χ1v) is 9.57. The van der Waals surface area contributed by atoms with E-state index < -0.39 is 5.41 Å². The average molecular weight is 368 g/mol. The maximum atomic E-state index is 13.2. The Balaban J connectivity index is 1.60. The summed E-state index contributed by atoms with van der Waals surface area (Å²) in [6.07, 6.45) is 4.82. The van der Waals surface area contributed by atoms with Gasteiger partial charge in [-0.25, -0.2) is 0 Å². The largest absolute Gasteiger partial charge is 0.466 e. The number of carbonyl (C=O) groups excluding carboxylic acids is 2. The number of esters is 1. The van der Waals surface area contributed by atoms with Crippen LogP contribution < -0.4 is 0 Å². The number of nitrogens with zero attached hydrogens (tertiary/aromatic N) is 3. The van der Waals surface area contributed by atoms with Gasteiger partial charge < -0.3 is 9.64 Å². The predicted molar refractivity (Wildman–Crippen MR) is 98.8 cm³/mol. The summed E-state index contributed by atoms with van der Waals surface area (Å²) in [5, 5.41) is 7.10. The maximum Gasteiger partial charge on any atom is 0.314 e. The minimum atomic E-state index is -0.585. The standard InChI is InChI=1S/C20H24N4O3/c1-3-20(19(26)27-4-2)12-13-8-9-17(20)24(13)18(25)16-11-15(22-23-16)14-7-5-6-10-21-14/h5-7,10-11,13,17H,3-4,8-9,12H2,1-2H3,(H,22,23)/t13-,17+,20+/m1/s1. The zero-order chi connectivity index (χ0) is 19.0. The number of amides is 1. The third-order valence-electron chi connectivity index (χ3n) is 6.02. The molecule has 2 aliphatic rings. The van der Waals surface area contributed by atoms with E-state index in [1.165, 1.54) is 0 Å². The van der Waals surface area contributed by atoms with Crippen LogP contribution in [0.1, 0.15) is 50.0 Å². The number of nitrogens with one attached hydrogen (secondary N) is 1. The molecule has 2 aromatic heterocycles. The zero-order valence-corrected chi connectivity index (χ0v) is 15.6. The summed E-state index contributed by atoms with van der Waals surface area (Å²) >= 11 is 0. The first kappa shape index (κ1) is 17.7. The quantitative estimate of drug-likeness (QED) is 0.820. The summed E-state index contributed by atoms with van der Waals surface area (Å²) < 4.78 is 5.36. The van der Waals surface area contributed by atoms with Gasteiger partial charge in [0.25, 0.3) is 5.91 Å². The highest BCUT2D eigenvalue weighted by molar-refractivity contribution is 5.95. The summed E-state index contributed by atoms with van der Waals surface area (Å²) in [5.41, 5.74) is 1.20. The monoisotopic (exact) mass is 368 g/mol. The summed E-state index contributed by atoms with van der Waals surface area (Å²) in [4.78, 5) is 32.1. The van der Waals surface area contributed by atoms with Crippen LogP contribution in [-0.4, -0.2) is 50.6 Å². The number of carbonyl (C=O) groups is 2. The summed E-state index contributed by atoms with van der Waals surface area (Å²) in [6, 6.07) is 7.28. The van der Waals surface area contributed by atoms with Gasteiger partial charge in [0, 0.05) is 18.3 Å². The number of H-pyrrole nitrogens is 1. The van der Waals surface area contributed by atoms with Crippen LogP contribution in [0.4, 0.5) is 0 Å². The third kappa shape index (κ3) is 2.72. The Kier molecular flexibility index (Phi) is 4.45. The lowest BCUT2D eigenvalue weighted by Gasteiger charge is -2.34. The lowest BCUT2D eigenvalue weighted by atomic mass is 9.72. The molecule has 27 heavy (non-hydrogen) atoms. The normalized spacial score (nSPS) is 26.4. The number of ether oxygens (including phenoxy) is 1. The molecule has 0 spiro atoms. The van der Waals surface area contributed by atoms with Gasteiger partial charge in [0.1, 0.15) is 11.4 Å². The summed E-state index contributed by atoms with van der Waals surface area (Å²) in [7, 11) is 0. The molecule has 2 saturated heterocycles. The fraction of sp³-hybridized carbons (Fsp3) is 0.500. The minimum absolute atomic E-state index is 0.0773. The fourth-order valence-electron chi connectivity index (χ4n) is 4.72. The minimum Gasteiger partial charge on any atom is -0.466 e. The molecule has 0 radical (unpaired) electrons. The first-order chi connectivity index (χ1) is 13.1. The predicted octanol–water partition coefficient (Wildman–Crippen LogP) is 2.81. The number of hydrogen-bond acceptors (Lipinski definition) is 5. The van der Waals surface area contributed by atoms with Crippen molar-refractivity contribution in [3.8, 4) is 11.4 Å². The smallest absolute Gasteiger partial charge is 0.314 e. The Morgan fingerprint density at radius 1 is 1.30 bits per heavy atom. The van der Waals surface area contributed by atoms with Crippen LogP contribution in [0.3, 0.4) is 0 Å². The van der Waals surface area contributed by atoms with Crippen molar-refractivity contribution < 1.29 is 14.3 Å². The van der Waals surface area contributed by atoms with Crippen LogP contribution in [0.15, 0.2) is 30.5 Å². The zero-order valence-electron chi connectivity index (χ0n) is 15.6. The molecular weight excluding hydrogens is 344 g/mol. The SMILES string of the molecule is CCOC(=O)[C@@]1(CC)C[C@H]2CC[C@@H]1N2C(=O)c1cc(-c2ccccn2)n[nH]1. The highest BCUT2D eigenvalue weighted by Crippen LogP contribution is 2.52. The van der Waals surface area contributed by atoms with Gasteiger partial charge in [-0.05, 0) is 50.8 Å². The second kappa shape index (κ2) is 6.79. The Hall–Kier alpha value is -2.70. The molecule has 2 bridgehead atoms. The van der Waals surface area contributed by atoms with Gasteiger partial charge in [-0.2, -0.15) is 5.10 Å². The molecule has 1 amide bonds. The van der Waals surface area contributed by atoms with Crippen LogP contribution >= 0.6 is 0 Å². The molecule has 2 aliphatic heterocycles. The second-order valence-corrected chi connectivity index (χ2v) is 7.28. The van der Waals surface area contributed by atoms with Crippen molar-refractivity contribution in [1.29, 1.82) is 0 Å². The molecule has 0 unspecified atom stereocenters.